The van der Waals surface area contributed by atoms with E-state index >= 15 is 0 Å². The van der Waals surface area contributed by atoms with E-state index in [1.807, 2.05) is 0 Å². The minimum atomic E-state index is 1.19. The molecule has 0 aliphatic heterocycles. The summed E-state index contributed by atoms with van der Waals surface area (Å²) < 4.78 is 0. The average molecular weight is 963 g/mol. The van der Waals surface area contributed by atoms with Gasteiger partial charge >= 0.3 is 0 Å². The maximum Gasteiger partial charge on any atom is -0.00139 e. The largest absolute Gasteiger partial charge is 0.0622 e. The molecule has 0 unspecified atom stereocenters. The highest BCUT2D eigenvalue weighted by molar-refractivity contribution is 6.30. The Labute approximate surface area is 444 Å². The van der Waals surface area contributed by atoms with Crippen molar-refractivity contribution in [3.63, 3.8) is 0 Å². The van der Waals surface area contributed by atoms with E-state index in [1.54, 1.807) is 0 Å². The van der Waals surface area contributed by atoms with Crippen molar-refractivity contribution in [3.05, 3.63) is 303 Å². The molecule has 0 aliphatic carbocycles. The molecular formula is C76H50. The Balaban J connectivity index is 0.906. The van der Waals surface area contributed by atoms with Crippen LogP contribution in [-0.4, -0.2) is 0 Å². The predicted octanol–water partition coefficient (Wildman–Crippen LogP) is 21.3. The van der Waals surface area contributed by atoms with Crippen LogP contribution in [0.2, 0.25) is 0 Å². The highest BCUT2D eigenvalue weighted by atomic mass is 14.3. The highest BCUT2D eigenvalue weighted by Gasteiger charge is 2.23. The molecule has 0 amide bonds. The molecule has 0 saturated heterocycles. The van der Waals surface area contributed by atoms with E-state index in [0.717, 1.165) is 0 Å². The van der Waals surface area contributed by atoms with E-state index in [2.05, 4.69) is 303 Å². The molecule has 0 aromatic heterocycles. The van der Waals surface area contributed by atoms with Crippen molar-refractivity contribution < 1.29 is 0 Å². The van der Waals surface area contributed by atoms with E-state index < -0.39 is 0 Å². The minimum Gasteiger partial charge on any atom is -0.0622 e. The maximum absolute atomic E-state index is 2.33. The summed E-state index contributed by atoms with van der Waals surface area (Å²) >= 11 is 0. The lowest BCUT2D eigenvalue weighted by Gasteiger charge is -2.22. The van der Waals surface area contributed by atoms with Crippen LogP contribution >= 0.6 is 0 Å². The maximum atomic E-state index is 2.33. The van der Waals surface area contributed by atoms with Crippen LogP contribution < -0.4 is 0 Å². The monoisotopic (exact) mass is 962 g/mol. The fraction of sp³-hybridized carbons (Fsp3) is 0. The zero-order valence-corrected chi connectivity index (χ0v) is 41.9. The van der Waals surface area contributed by atoms with Crippen molar-refractivity contribution in [2.75, 3.05) is 0 Å². The predicted molar refractivity (Wildman–Crippen MR) is 325 cm³/mol. The third-order valence-corrected chi connectivity index (χ3v) is 15.4. The minimum absolute atomic E-state index is 1.19. The molecule has 0 spiro atoms. The molecule has 0 nitrogen and oxygen atoms in total. The Hall–Kier alpha value is -9.88. The molecule has 354 valence electrons. The van der Waals surface area contributed by atoms with Crippen molar-refractivity contribution in [1.29, 1.82) is 0 Å². The molecule has 0 bridgehead atoms. The second-order valence-corrected chi connectivity index (χ2v) is 19.9. The van der Waals surface area contributed by atoms with Gasteiger partial charge < -0.3 is 0 Å². The molecule has 0 heterocycles. The first-order chi connectivity index (χ1) is 37.7. The summed E-state index contributed by atoms with van der Waals surface area (Å²) in [7, 11) is 0. The highest BCUT2D eigenvalue weighted by Crippen LogP contribution is 2.50. The van der Waals surface area contributed by atoms with Crippen LogP contribution in [0.25, 0.3) is 143 Å². The van der Waals surface area contributed by atoms with Gasteiger partial charge in [-0.1, -0.05) is 267 Å². The number of fused-ring (bicyclic) bond motifs is 4. The van der Waals surface area contributed by atoms with Crippen LogP contribution in [0.3, 0.4) is 0 Å². The Morgan fingerprint density at radius 1 is 0.105 bits per heavy atom. The molecule has 76 heavy (non-hydrogen) atoms. The molecule has 0 saturated carbocycles. The summed E-state index contributed by atoms with van der Waals surface area (Å²) in [4.78, 5) is 0. The molecule has 0 radical (unpaired) electrons. The van der Waals surface area contributed by atoms with Gasteiger partial charge in [0.25, 0.3) is 0 Å². The van der Waals surface area contributed by atoms with E-state index in [-0.39, 0.29) is 0 Å². The quantitative estimate of drug-likeness (QED) is 0.126. The van der Waals surface area contributed by atoms with Crippen LogP contribution in [0.5, 0.6) is 0 Å². The second kappa shape index (κ2) is 19.2. The molecule has 14 aromatic carbocycles. The molecule has 0 aliphatic rings. The Morgan fingerprint density at radius 2 is 0.263 bits per heavy atom. The lowest BCUT2D eigenvalue weighted by Crippen LogP contribution is -1.94. The van der Waals surface area contributed by atoms with Gasteiger partial charge in [0.1, 0.15) is 0 Å². The Morgan fingerprint density at radius 3 is 0.474 bits per heavy atom. The normalized spacial score (nSPS) is 11.4. The first-order valence-electron chi connectivity index (χ1n) is 26.3. The molecule has 14 aromatic rings. The van der Waals surface area contributed by atoms with Crippen molar-refractivity contribution >= 4 is 43.1 Å². The van der Waals surface area contributed by atoms with Crippen LogP contribution in [0.4, 0.5) is 0 Å². The van der Waals surface area contributed by atoms with Gasteiger partial charge in [0.15, 0.2) is 0 Å². The lowest BCUT2D eigenvalue weighted by molar-refractivity contribution is 1.56. The second-order valence-electron chi connectivity index (χ2n) is 19.9. The van der Waals surface area contributed by atoms with E-state index in [0.29, 0.717) is 0 Å². The van der Waals surface area contributed by atoms with Gasteiger partial charge in [-0.25, -0.2) is 0 Å². The number of hydrogen-bond donors (Lipinski definition) is 0. The topological polar surface area (TPSA) is 0 Å². The van der Waals surface area contributed by atoms with Crippen LogP contribution in [0, 0.1) is 0 Å². The first kappa shape index (κ1) is 44.8. The number of benzene rings is 14. The Kier molecular flexibility index (Phi) is 11.3. The van der Waals surface area contributed by atoms with Gasteiger partial charge in [-0.3, -0.25) is 0 Å². The van der Waals surface area contributed by atoms with Crippen LogP contribution in [0.1, 0.15) is 0 Å². The van der Waals surface area contributed by atoms with E-state index in [9.17, 15) is 0 Å². The summed E-state index contributed by atoms with van der Waals surface area (Å²) in [6.45, 7) is 0. The molecule has 0 fully saturated rings. The van der Waals surface area contributed by atoms with E-state index in [1.165, 1.54) is 143 Å². The zero-order chi connectivity index (χ0) is 50.4. The van der Waals surface area contributed by atoms with Crippen molar-refractivity contribution in [1.82, 2.24) is 0 Å². The molecular weight excluding hydrogens is 913 g/mol. The summed E-state index contributed by atoms with van der Waals surface area (Å²) in [6.07, 6.45) is 0. The third-order valence-electron chi connectivity index (χ3n) is 15.4. The van der Waals surface area contributed by atoms with E-state index in [4.69, 9.17) is 0 Å². The van der Waals surface area contributed by atoms with Crippen LogP contribution in [-0.2, 0) is 0 Å². The fourth-order valence-corrected chi connectivity index (χ4v) is 11.9. The Bertz CT molecular complexity index is 3920. The zero-order valence-electron chi connectivity index (χ0n) is 41.9. The molecule has 14 rings (SSSR count). The molecule has 0 atom stereocenters. The third kappa shape index (κ3) is 8.05. The summed E-state index contributed by atoms with van der Waals surface area (Å²) in [5.41, 5.74) is 21.8. The van der Waals surface area contributed by atoms with Gasteiger partial charge in [-0.2, -0.15) is 0 Å². The lowest BCUT2D eigenvalue weighted by atomic mass is 9.81. The van der Waals surface area contributed by atoms with Gasteiger partial charge in [-0.05, 0) is 180 Å². The standard InChI is InChI=1S/C76H50/c1-5-21-51(22-6-1)59-45-60(52-23-7-2-8-24-52)48-63(47-59)55-37-41-57(42-38-55)73-65-29-13-17-33-69(65)75(70-34-18-14-30-66(70)73)76-71-35-19-15-31-67(71)74(68-32-16-20-36-72(68)76)58-43-39-56(40-44-58)64-49-61(53-25-9-3-10-26-53)46-62(50-64)54-27-11-4-12-28-54/h1-50H. The van der Waals surface area contributed by atoms with Gasteiger partial charge in [0.2, 0.25) is 0 Å². The summed E-state index contributed by atoms with van der Waals surface area (Å²) in [6, 6.07) is 112. The molecule has 0 N–H and O–H groups in total. The van der Waals surface area contributed by atoms with Crippen molar-refractivity contribution in [2.45, 2.75) is 0 Å². The fourth-order valence-electron chi connectivity index (χ4n) is 11.9. The van der Waals surface area contributed by atoms with Gasteiger partial charge in [0, 0.05) is 0 Å². The van der Waals surface area contributed by atoms with Crippen molar-refractivity contribution in [3.8, 4) is 100 Å². The van der Waals surface area contributed by atoms with Gasteiger partial charge in [-0.15, -0.1) is 0 Å². The number of rotatable bonds is 9. The first-order valence-corrected chi connectivity index (χ1v) is 26.3. The van der Waals surface area contributed by atoms with Gasteiger partial charge in [0.05, 0.1) is 0 Å². The average Bonchev–Trinajstić information content (AvgIpc) is 3.51. The smallest absolute Gasteiger partial charge is 0.00139 e. The summed E-state index contributed by atoms with van der Waals surface area (Å²) in [5, 5.41) is 9.90. The van der Waals surface area contributed by atoms with Crippen molar-refractivity contribution in [2.24, 2.45) is 0 Å². The SMILES string of the molecule is c1ccc(-c2cc(-c3ccccc3)cc(-c3ccc(-c4c5ccccc5c(-c5c6ccccc6c(-c6ccc(-c7cc(-c8ccccc8)cc(-c8ccccc8)c7)cc6)c6ccccc56)c5ccccc45)cc3)c2)cc1. The van der Waals surface area contributed by atoms with Crippen LogP contribution in [0.15, 0.2) is 303 Å². The molecule has 0 heteroatoms. The summed E-state index contributed by atoms with van der Waals surface area (Å²) in [5.74, 6) is 0. The number of hydrogen-bond acceptors (Lipinski definition) is 0.